The Morgan fingerprint density at radius 3 is 2.42 bits per heavy atom. The van der Waals surface area contributed by atoms with Crippen molar-refractivity contribution in [2.24, 2.45) is 0 Å². The van der Waals surface area contributed by atoms with E-state index >= 15 is 0 Å². The fraction of sp³-hybridized carbons (Fsp3) is 1.00. The zero-order valence-electron chi connectivity index (χ0n) is 7.43. The first-order valence-corrected chi connectivity index (χ1v) is 4.97. The van der Waals surface area contributed by atoms with E-state index in [4.69, 9.17) is 0 Å². The van der Waals surface area contributed by atoms with Gasteiger partial charge in [-0.25, -0.2) is 4.39 Å². The number of halogens is 1. The van der Waals surface area contributed by atoms with Crippen molar-refractivity contribution in [1.82, 2.24) is 10.2 Å². The van der Waals surface area contributed by atoms with E-state index in [9.17, 15) is 4.39 Å². The molecule has 2 saturated heterocycles. The Kier molecular flexibility index (Phi) is 2.61. The number of likely N-dealkylation sites (tertiary alicyclic amines) is 1. The first-order chi connectivity index (χ1) is 5.88. The van der Waals surface area contributed by atoms with Crippen LogP contribution in [0.1, 0.15) is 19.3 Å². The summed E-state index contributed by atoms with van der Waals surface area (Å²) >= 11 is 0. The molecular formula is C9H17FN2. The van der Waals surface area contributed by atoms with E-state index in [0.29, 0.717) is 6.54 Å². The van der Waals surface area contributed by atoms with Crippen LogP contribution in [0.3, 0.4) is 0 Å². The molecule has 0 spiro atoms. The second kappa shape index (κ2) is 3.71. The molecule has 3 heteroatoms. The highest BCUT2D eigenvalue weighted by Crippen LogP contribution is 2.17. The molecule has 2 aliphatic rings. The van der Waals surface area contributed by atoms with Crippen molar-refractivity contribution in [3.8, 4) is 0 Å². The van der Waals surface area contributed by atoms with E-state index < -0.39 is 6.17 Å². The number of hydrogen-bond acceptors (Lipinski definition) is 2. The molecule has 2 atom stereocenters. The fourth-order valence-electron chi connectivity index (χ4n) is 2.24. The highest BCUT2D eigenvalue weighted by atomic mass is 19.1. The molecule has 0 aromatic heterocycles. The lowest BCUT2D eigenvalue weighted by molar-refractivity contribution is 0.121. The summed E-state index contributed by atoms with van der Waals surface area (Å²) in [6.45, 7) is 3.61. The van der Waals surface area contributed by atoms with Crippen molar-refractivity contribution < 1.29 is 4.39 Å². The molecule has 0 aliphatic carbocycles. The van der Waals surface area contributed by atoms with Gasteiger partial charge in [0.15, 0.2) is 0 Å². The molecule has 1 N–H and O–H groups in total. The van der Waals surface area contributed by atoms with E-state index in [-0.39, 0.29) is 6.04 Å². The van der Waals surface area contributed by atoms with Gasteiger partial charge in [0.05, 0.1) is 6.04 Å². The predicted octanol–water partition coefficient (Wildman–Crippen LogP) is 0.782. The van der Waals surface area contributed by atoms with Crippen LogP contribution in [-0.4, -0.2) is 43.3 Å². The highest BCUT2D eigenvalue weighted by molar-refractivity contribution is 4.89. The van der Waals surface area contributed by atoms with Crippen LogP contribution in [0.2, 0.25) is 0 Å². The molecule has 2 heterocycles. The Morgan fingerprint density at radius 1 is 1.08 bits per heavy atom. The molecule has 0 radical (unpaired) electrons. The standard InChI is InChI=1S/C9H17FN2/c10-8-6-11-7-9(8)12-4-2-1-3-5-12/h8-9,11H,1-7H2/t8-,9+/m1/s1. The average Bonchev–Trinajstić information content (AvgIpc) is 2.53. The normalized spacial score (nSPS) is 38.8. The molecule has 0 aromatic rings. The number of nitrogens with one attached hydrogen (secondary N) is 1. The molecule has 0 saturated carbocycles. The van der Waals surface area contributed by atoms with E-state index in [0.717, 1.165) is 19.6 Å². The summed E-state index contributed by atoms with van der Waals surface area (Å²) in [5.74, 6) is 0. The van der Waals surface area contributed by atoms with Gasteiger partial charge in [0.1, 0.15) is 6.17 Å². The number of piperidine rings is 1. The summed E-state index contributed by atoms with van der Waals surface area (Å²) < 4.78 is 13.3. The van der Waals surface area contributed by atoms with Gasteiger partial charge in [-0.2, -0.15) is 0 Å². The molecule has 12 heavy (non-hydrogen) atoms. The Bertz CT molecular complexity index is 145. The fourth-order valence-corrected chi connectivity index (χ4v) is 2.24. The largest absolute Gasteiger partial charge is 0.312 e. The van der Waals surface area contributed by atoms with Gasteiger partial charge in [0.25, 0.3) is 0 Å². The third-order valence-corrected chi connectivity index (χ3v) is 2.97. The minimum Gasteiger partial charge on any atom is -0.312 e. The van der Waals surface area contributed by atoms with E-state index in [2.05, 4.69) is 10.2 Å². The van der Waals surface area contributed by atoms with Gasteiger partial charge in [-0.1, -0.05) is 6.42 Å². The Balaban J connectivity index is 1.89. The molecular weight excluding hydrogens is 155 g/mol. The topological polar surface area (TPSA) is 15.3 Å². The maximum atomic E-state index is 13.3. The van der Waals surface area contributed by atoms with Gasteiger partial charge in [-0.3, -0.25) is 4.90 Å². The molecule has 0 amide bonds. The molecule has 0 unspecified atom stereocenters. The van der Waals surface area contributed by atoms with E-state index in [1.165, 1.54) is 19.3 Å². The minimum absolute atomic E-state index is 0.172. The summed E-state index contributed by atoms with van der Waals surface area (Å²) in [7, 11) is 0. The zero-order valence-corrected chi connectivity index (χ0v) is 7.43. The second-order valence-corrected chi connectivity index (χ2v) is 3.84. The second-order valence-electron chi connectivity index (χ2n) is 3.84. The van der Waals surface area contributed by atoms with Gasteiger partial charge in [0, 0.05) is 13.1 Å². The zero-order chi connectivity index (χ0) is 8.39. The summed E-state index contributed by atoms with van der Waals surface area (Å²) in [5.41, 5.74) is 0. The smallest absolute Gasteiger partial charge is 0.129 e. The predicted molar refractivity (Wildman–Crippen MR) is 47.0 cm³/mol. The lowest BCUT2D eigenvalue weighted by Crippen LogP contribution is -2.44. The number of alkyl halides is 1. The van der Waals surface area contributed by atoms with Crippen molar-refractivity contribution in [2.75, 3.05) is 26.2 Å². The molecule has 0 bridgehead atoms. The van der Waals surface area contributed by atoms with E-state index in [1.807, 2.05) is 0 Å². The maximum absolute atomic E-state index is 13.3. The van der Waals surface area contributed by atoms with Crippen LogP contribution in [-0.2, 0) is 0 Å². The summed E-state index contributed by atoms with van der Waals surface area (Å²) in [6.07, 6.45) is 3.20. The molecule has 2 rings (SSSR count). The Hall–Kier alpha value is -0.150. The summed E-state index contributed by atoms with van der Waals surface area (Å²) in [4.78, 5) is 2.31. The van der Waals surface area contributed by atoms with Crippen LogP contribution in [0.5, 0.6) is 0 Å². The van der Waals surface area contributed by atoms with Gasteiger partial charge in [-0.15, -0.1) is 0 Å². The lowest BCUT2D eigenvalue weighted by Gasteiger charge is -2.32. The first kappa shape index (κ1) is 8.45. The van der Waals surface area contributed by atoms with Gasteiger partial charge < -0.3 is 5.32 Å². The lowest BCUT2D eigenvalue weighted by atomic mass is 10.1. The summed E-state index contributed by atoms with van der Waals surface area (Å²) in [5, 5.41) is 3.10. The van der Waals surface area contributed by atoms with Crippen LogP contribution < -0.4 is 5.32 Å². The van der Waals surface area contributed by atoms with E-state index in [1.54, 1.807) is 0 Å². The third kappa shape index (κ3) is 1.62. The van der Waals surface area contributed by atoms with Crippen molar-refractivity contribution in [3.63, 3.8) is 0 Å². The number of rotatable bonds is 1. The van der Waals surface area contributed by atoms with Gasteiger partial charge >= 0.3 is 0 Å². The highest BCUT2D eigenvalue weighted by Gasteiger charge is 2.32. The van der Waals surface area contributed by atoms with Crippen LogP contribution in [0, 0.1) is 0 Å². The minimum atomic E-state index is -0.636. The van der Waals surface area contributed by atoms with Crippen LogP contribution in [0.25, 0.3) is 0 Å². The SMILES string of the molecule is F[C@@H]1CNC[C@@H]1N1CCCCC1. The Labute approximate surface area is 73.1 Å². The molecule has 2 fully saturated rings. The van der Waals surface area contributed by atoms with Gasteiger partial charge in [0.2, 0.25) is 0 Å². The number of hydrogen-bond donors (Lipinski definition) is 1. The van der Waals surface area contributed by atoms with Gasteiger partial charge in [-0.05, 0) is 25.9 Å². The van der Waals surface area contributed by atoms with Crippen LogP contribution in [0.4, 0.5) is 4.39 Å². The average molecular weight is 172 g/mol. The molecule has 70 valence electrons. The monoisotopic (exact) mass is 172 g/mol. The van der Waals surface area contributed by atoms with Crippen molar-refractivity contribution in [3.05, 3.63) is 0 Å². The van der Waals surface area contributed by atoms with Crippen LogP contribution in [0.15, 0.2) is 0 Å². The maximum Gasteiger partial charge on any atom is 0.129 e. The summed E-state index contributed by atoms with van der Waals surface area (Å²) in [6, 6.07) is 0.172. The first-order valence-electron chi connectivity index (χ1n) is 4.97. The third-order valence-electron chi connectivity index (χ3n) is 2.97. The quantitative estimate of drug-likeness (QED) is 0.629. The molecule has 2 nitrogen and oxygen atoms in total. The molecule has 0 aromatic carbocycles. The van der Waals surface area contributed by atoms with Crippen molar-refractivity contribution in [1.29, 1.82) is 0 Å². The van der Waals surface area contributed by atoms with Crippen molar-refractivity contribution in [2.45, 2.75) is 31.5 Å². The van der Waals surface area contributed by atoms with Crippen molar-refractivity contribution >= 4 is 0 Å². The van der Waals surface area contributed by atoms with Crippen LogP contribution >= 0.6 is 0 Å². The number of nitrogens with zero attached hydrogens (tertiary/aromatic N) is 1. The Morgan fingerprint density at radius 2 is 1.83 bits per heavy atom. The molecule has 2 aliphatic heterocycles.